The van der Waals surface area contributed by atoms with Crippen molar-refractivity contribution < 1.29 is 60.6 Å². The maximum absolute atomic E-state index is 16.2. The number of alkyl halides is 2. The molecule has 3 atom stereocenters. The number of ether oxygens (including phenoxy) is 2. The molecule has 14 nitrogen and oxygen atoms in total. The van der Waals surface area contributed by atoms with Gasteiger partial charge in [-0.3, -0.25) is 37.7 Å². The predicted molar refractivity (Wildman–Crippen MR) is 226 cm³/mol. The molecule has 0 radical (unpaired) electrons. The molecular formula is C46H46F2N3O11P. The van der Waals surface area contributed by atoms with E-state index in [-0.39, 0.29) is 48.2 Å². The highest BCUT2D eigenvalue weighted by molar-refractivity contribution is 7.54. The maximum Gasteiger partial charge on any atom is 0.410 e. The molecule has 0 aliphatic carbocycles. The van der Waals surface area contributed by atoms with Gasteiger partial charge in [0.05, 0.1) is 16.8 Å². The fourth-order valence-electron chi connectivity index (χ4n) is 7.39. The number of hydrogen-bond donors (Lipinski definition) is 2. The monoisotopic (exact) mass is 885 g/mol. The van der Waals surface area contributed by atoms with Crippen molar-refractivity contribution in [2.24, 2.45) is 11.7 Å². The summed E-state index contributed by atoms with van der Waals surface area (Å²) in [6.07, 6.45) is 2.67. The fourth-order valence-corrected chi connectivity index (χ4v) is 8.64. The topological polar surface area (TPSA) is 198 Å². The number of nitrogens with zero attached hydrogens (tertiary/aromatic N) is 1. The van der Waals surface area contributed by atoms with Crippen molar-refractivity contribution in [3.63, 3.8) is 0 Å². The molecule has 17 heteroatoms. The van der Waals surface area contributed by atoms with Gasteiger partial charge in [0.15, 0.2) is 5.78 Å². The van der Waals surface area contributed by atoms with Crippen molar-refractivity contribution in [3.8, 4) is 0 Å². The lowest BCUT2D eigenvalue weighted by Gasteiger charge is -2.28. The van der Waals surface area contributed by atoms with Crippen LogP contribution in [0.4, 0.5) is 14.5 Å². The van der Waals surface area contributed by atoms with E-state index in [0.29, 0.717) is 36.1 Å². The summed E-state index contributed by atoms with van der Waals surface area (Å²) in [6, 6.07) is 24.0. The van der Waals surface area contributed by atoms with Crippen LogP contribution in [0, 0.1) is 5.92 Å². The maximum atomic E-state index is 16.2. The number of esters is 2. The molecule has 0 bridgehead atoms. The van der Waals surface area contributed by atoms with Gasteiger partial charge in [0.25, 0.3) is 0 Å². The van der Waals surface area contributed by atoms with Crippen molar-refractivity contribution in [2.45, 2.75) is 70.1 Å². The molecule has 2 aliphatic heterocycles. The van der Waals surface area contributed by atoms with E-state index in [1.807, 2.05) is 18.2 Å². The summed E-state index contributed by atoms with van der Waals surface area (Å²) in [6.45, 7) is 0.935. The lowest BCUT2D eigenvalue weighted by Crippen LogP contribution is -2.51. The van der Waals surface area contributed by atoms with E-state index >= 15 is 8.78 Å². The number of para-hydroxylation sites is 1. The third kappa shape index (κ3) is 11.0. The van der Waals surface area contributed by atoms with Gasteiger partial charge in [0, 0.05) is 36.8 Å². The van der Waals surface area contributed by atoms with Gasteiger partial charge < -0.3 is 20.5 Å². The van der Waals surface area contributed by atoms with Crippen LogP contribution in [0.5, 0.6) is 0 Å². The zero-order valence-corrected chi connectivity index (χ0v) is 35.4. The summed E-state index contributed by atoms with van der Waals surface area (Å²) >= 11 is 0. The van der Waals surface area contributed by atoms with Crippen LogP contribution in [0.15, 0.2) is 109 Å². The molecule has 0 aromatic heterocycles. The Hall–Kier alpha value is -6.35. The molecule has 0 unspecified atom stereocenters. The Morgan fingerprint density at radius 1 is 0.841 bits per heavy atom. The number of primary amides is 1. The fraction of sp³-hybridized carbons (Fsp3) is 0.304. The SMILES string of the molecule is C/C(=C\C(=O)C[C@H]1CCc2cccc3c2N(C1=O)[C@H](C(=O)N[C@H](C)CCC(N)=O)C3)c1ccc(C(F)(F)P(=O)(OCOC(=O)c2ccccc2)OCOC(=O)c2ccccc2)cc1. The Bertz CT molecular complexity index is 2370. The zero-order valence-electron chi connectivity index (χ0n) is 34.5. The van der Waals surface area contributed by atoms with Crippen LogP contribution in [0.1, 0.15) is 82.5 Å². The lowest BCUT2D eigenvalue weighted by atomic mass is 9.92. The third-order valence-electron chi connectivity index (χ3n) is 10.7. The highest BCUT2D eigenvalue weighted by atomic mass is 31.2. The van der Waals surface area contributed by atoms with Crippen LogP contribution < -0.4 is 16.0 Å². The highest BCUT2D eigenvalue weighted by Gasteiger charge is 2.56. The molecular weight excluding hydrogens is 839 g/mol. The van der Waals surface area contributed by atoms with Gasteiger partial charge in [0.1, 0.15) is 6.04 Å². The smallest absolute Gasteiger partial charge is 0.410 e. The summed E-state index contributed by atoms with van der Waals surface area (Å²) < 4.78 is 66.0. The predicted octanol–water partition coefficient (Wildman–Crippen LogP) is 7.24. The summed E-state index contributed by atoms with van der Waals surface area (Å²) in [5.41, 5.74) is 3.35. The van der Waals surface area contributed by atoms with Crippen molar-refractivity contribution in [1.82, 2.24) is 5.32 Å². The van der Waals surface area contributed by atoms with Gasteiger partial charge in [0.2, 0.25) is 31.3 Å². The molecule has 0 fully saturated rings. The average Bonchev–Trinajstić information content (AvgIpc) is 3.62. The minimum absolute atomic E-state index is 0.0772. The number of amides is 3. The molecule has 330 valence electrons. The number of carbonyl (C=O) groups excluding carboxylic acids is 6. The first-order valence-corrected chi connectivity index (χ1v) is 21.7. The molecule has 4 aromatic carbocycles. The van der Waals surface area contributed by atoms with Crippen LogP contribution >= 0.6 is 7.60 Å². The second-order valence-corrected chi connectivity index (χ2v) is 17.3. The van der Waals surface area contributed by atoms with Gasteiger partial charge in [-0.05, 0) is 85.7 Å². The van der Waals surface area contributed by atoms with E-state index in [1.165, 1.54) is 47.4 Å². The van der Waals surface area contributed by atoms with Gasteiger partial charge in [-0.1, -0.05) is 78.9 Å². The van der Waals surface area contributed by atoms with Gasteiger partial charge in [-0.2, -0.15) is 8.78 Å². The molecule has 3 amide bonds. The van der Waals surface area contributed by atoms with Gasteiger partial charge in [-0.15, -0.1) is 0 Å². The number of halogens is 2. The number of ketones is 1. The third-order valence-corrected chi connectivity index (χ3v) is 12.6. The second-order valence-electron chi connectivity index (χ2n) is 15.2. The van der Waals surface area contributed by atoms with Crippen molar-refractivity contribution >= 4 is 54.3 Å². The number of nitrogens with one attached hydrogen (secondary N) is 1. The van der Waals surface area contributed by atoms with E-state index < -0.39 is 68.0 Å². The molecule has 0 spiro atoms. The van der Waals surface area contributed by atoms with Crippen LogP contribution in [-0.2, 0) is 60.8 Å². The number of carbonyl (C=O) groups is 6. The summed E-state index contributed by atoms with van der Waals surface area (Å²) in [7, 11) is -5.62. The average molecular weight is 886 g/mol. The molecule has 0 saturated heterocycles. The Morgan fingerprint density at radius 3 is 1.98 bits per heavy atom. The first kappa shape index (κ1) is 46.2. The Kier molecular flexibility index (Phi) is 14.8. The Labute approximate surface area is 362 Å². The highest BCUT2D eigenvalue weighted by Crippen LogP contribution is 2.67. The molecule has 0 saturated carbocycles. The molecule has 63 heavy (non-hydrogen) atoms. The quantitative estimate of drug-likeness (QED) is 0.0417. The second kappa shape index (κ2) is 20.2. The van der Waals surface area contributed by atoms with E-state index in [9.17, 15) is 33.3 Å². The number of benzene rings is 4. The van der Waals surface area contributed by atoms with Gasteiger partial charge >= 0.3 is 25.2 Å². The number of nitrogens with two attached hydrogens (primary N) is 1. The number of aryl methyl sites for hydroxylation is 1. The zero-order chi connectivity index (χ0) is 45.3. The largest absolute Gasteiger partial charge is 0.434 e. The van der Waals surface area contributed by atoms with E-state index in [1.54, 1.807) is 50.2 Å². The molecule has 2 aliphatic rings. The van der Waals surface area contributed by atoms with Crippen LogP contribution in [0.2, 0.25) is 0 Å². The van der Waals surface area contributed by atoms with Crippen molar-refractivity contribution in [2.75, 3.05) is 18.5 Å². The van der Waals surface area contributed by atoms with Crippen molar-refractivity contribution in [1.29, 1.82) is 0 Å². The number of allylic oxidation sites excluding steroid dienone is 2. The van der Waals surface area contributed by atoms with E-state index in [0.717, 1.165) is 23.3 Å². The standard InChI is InChI=1S/C46H46F2N3O11P/c1-29(24-38(52)25-36-18-17-32-14-9-15-35-26-39(51(41(32)35)43(36)55)42(54)50-30(2)16-23-40(49)53)31-19-21-37(22-20-31)46(47,48)63(58,61-27-59-44(56)33-10-5-3-6-11-33)62-28-60-45(57)34-12-7-4-8-13-34/h3-15,19-22,24,30,36,39H,16-18,23,25-28H2,1-2H3,(H2,49,53)(H,50,54)/b29-24+/t30-,36-,39+/m1/s1. The Balaban J connectivity index is 1.14. The van der Waals surface area contributed by atoms with Crippen molar-refractivity contribution in [3.05, 3.63) is 143 Å². The minimum atomic E-state index is -5.62. The first-order valence-electron chi connectivity index (χ1n) is 20.1. The van der Waals surface area contributed by atoms with Crippen LogP contribution in [-0.4, -0.2) is 61.1 Å². The summed E-state index contributed by atoms with van der Waals surface area (Å²) in [5, 5.41) is 2.89. The number of anilines is 1. The summed E-state index contributed by atoms with van der Waals surface area (Å²) in [4.78, 5) is 78.9. The van der Waals surface area contributed by atoms with Crippen LogP contribution in [0.3, 0.4) is 0 Å². The van der Waals surface area contributed by atoms with Gasteiger partial charge in [-0.25, -0.2) is 9.59 Å². The minimum Gasteiger partial charge on any atom is -0.434 e. The van der Waals surface area contributed by atoms with E-state index in [2.05, 4.69) is 5.32 Å². The van der Waals surface area contributed by atoms with E-state index in [4.69, 9.17) is 24.3 Å². The molecule has 3 N–H and O–H groups in total. The summed E-state index contributed by atoms with van der Waals surface area (Å²) in [5.74, 6) is -4.31. The molecule has 6 rings (SSSR count). The number of rotatable bonds is 19. The number of hydrogen-bond acceptors (Lipinski definition) is 11. The molecule has 2 heterocycles. The lowest BCUT2D eigenvalue weighted by molar-refractivity contribution is -0.129. The normalized spacial score (nSPS) is 16.7. The van der Waals surface area contributed by atoms with Crippen LogP contribution in [0.25, 0.3) is 5.57 Å². The Morgan fingerprint density at radius 2 is 1.41 bits per heavy atom. The molecule has 4 aromatic rings. The first-order chi connectivity index (χ1) is 30.1.